The van der Waals surface area contributed by atoms with Crippen molar-refractivity contribution in [3.63, 3.8) is 0 Å². The van der Waals surface area contributed by atoms with E-state index in [4.69, 9.17) is 19.2 Å². The highest BCUT2D eigenvalue weighted by atomic mass is 127. The summed E-state index contributed by atoms with van der Waals surface area (Å²) in [6, 6.07) is 24.0. The first kappa shape index (κ1) is 32.7. The second-order valence-corrected chi connectivity index (χ2v) is 12.0. The van der Waals surface area contributed by atoms with Gasteiger partial charge in [-0.3, -0.25) is 9.59 Å². The van der Waals surface area contributed by atoms with Crippen LogP contribution in [-0.4, -0.2) is 42.1 Å². The van der Waals surface area contributed by atoms with Gasteiger partial charge >= 0.3 is 0 Å². The number of aromatic nitrogens is 2. The lowest BCUT2D eigenvalue weighted by Crippen LogP contribution is -2.21. The number of rotatable bonds is 11. The molecule has 0 spiro atoms. The normalized spacial score (nSPS) is 11.3. The van der Waals surface area contributed by atoms with Crippen molar-refractivity contribution in [1.29, 1.82) is 0 Å². The molecule has 0 aliphatic heterocycles. The van der Waals surface area contributed by atoms with Crippen LogP contribution in [0.4, 0.5) is 5.69 Å². The third kappa shape index (κ3) is 7.23. The molecule has 1 heterocycles. The molecule has 0 atom stereocenters. The summed E-state index contributed by atoms with van der Waals surface area (Å²) in [7, 11) is 1.53. The molecule has 0 bridgehead atoms. The number of fused-ring (bicyclic) bond motifs is 1. The molecule has 5 rings (SSSR count). The molecule has 236 valence electrons. The number of ether oxygens (including phenoxy) is 3. The summed E-state index contributed by atoms with van der Waals surface area (Å²) in [6.07, 6.45) is 1.59. The quantitative estimate of drug-likeness (QED) is 0.112. The number of hydrogen-bond donors (Lipinski definition) is 1. The summed E-state index contributed by atoms with van der Waals surface area (Å²) in [5.74, 6) is 1.99. The second kappa shape index (κ2) is 14.6. The number of anilines is 1. The van der Waals surface area contributed by atoms with Crippen LogP contribution in [0.15, 0.2) is 88.8 Å². The van der Waals surface area contributed by atoms with Crippen molar-refractivity contribution in [2.24, 2.45) is 5.10 Å². The van der Waals surface area contributed by atoms with Gasteiger partial charge in [-0.1, -0.05) is 44.2 Å². The number of nitrogens with one attached hydrogen (secondary N) is 1. The van der Waals surface area contributed by atoms with Crippen LogP contribution in [-0.2, 0) is 4.79 Å². The highest BCUT2D eigenvalue weighted by Gasteiger charge is 2.19. The van der Waals surface area contributed by atoms with Crippen molar-refractivity contribution < 1.29 is 19.0 Å². The van der Waals surface area contributed by atoms with E-state index in [1.54, 1.807) is 30.5 Å². The first-order valence-corrected chi connectivity index (χ1v) is 16.0. The number of nitrogens with zero attached hydrogens (tertiary/aromatic N) is 3. The largest absolute Gasteiger partial charge is 0.494 e. The van der Waals surface area contributed by atoms with Gasteiger partial charge in [-0.05, 0) is 108 Å². The van der Waals surface area contributed by atoms with E-state index >= 15 is 0 Å². The van der Waals surface area contributed by atoms with Gasteiger partial charge in [0.15, 0.2) is 23.9 Å². The monoisotopic (exact) mass is 730 g/mol. The molecule has 1 N–H and O–H groups in total. The molecule has 0 radical (unpaired) electrons. The Balaban J connectivity index is 1.52. The molecule has 0 aliphatic carbocycles. The molecule has 1 amide bonds. The van der Waals surface area contributed by atoms with Gasteiger partial charge in [0, 0.05) is 11.3 Å². The predicted octanol–water partition coefficient (Wildman–Crippen LogP) is 7.41. The molecule has 46 heavy (non-hydrogen) atoms. The van der Waals surface area contributed by atoms with Crippen molar-refractivity contribution in [2.75, 3.05) is 25.6 Å². The fourth-order valence-electron chi connectivity index (χ4n) is 5.01. The first-order chi connectivity index (χ1) is 22.2. The average Bonchev–Trinajstić information content (AvgIpc) is 3.04. The van der Waals surface area contributed by atoms with Gasteiger partial charge in [-0.15, -0.1) is 0 Å². The van der Waals surface area contributed by atoms with Gasteiger partial charge in [-0.25, -0.2) is 4.98 Å². The molecule has 5 aromatic rings. The number of hydrogen-bond acceptors (Lipinski definition) is 7. The third-order valence-electron chi connectivity index (χ3n) is 7.25. The van der Waals surface area contributed by atoms with Crippen LogP contribution < -0.4 is 25.1 Å². The Hall–Kier alpha value is -4.71. The lowest BCUT2D eigenvalue weighted by atomic mass is 9.96. The zero-order valence-electron chi connectivity index (χ0n) is 26.3. The molecule has 10 heteroatoms. The molecular weight excluding hydrogens is 695 g/mol. The Labute approximate surface area is 281 Å². The molecule has 0 unspecified atom stereocenters. The Morgan fingerprint density at radius 2 is 1.76 bits per heavy atom. The minimum atomic E-state index is -0.296. The minimum absolute atomic E-state index is 0.185. The number of amides is 1. The average molecular weight is 731 g/mol. The van der Waals surface area contributed by atoms with E-state index in [-0.39, 0.29) is 24.0 Å². The van der Waals surface area contributed by atoms with Gasteiger partial charge in [0.25, 0.3) is 11.5 Å². The molecule has 0 fully saturated rings. The molecule has 0 aliphatic rings. The highest BCUT2D eigenvalue weighted by molar-refractivity contribution is 14.1. The maximum atomic E-state index is 13.9. The van der Waals surface area contributed by atoms with E-state index in [9.17, 15) is 9.59 Å². The van der Waals surface area contributed by atoms with Crippen LogP contribution in [0.5, 0.6) is 17.2 Å². The number of benzene rings is 4. The van der Waals surface area contributed by atoms with Crippen molar-refractivity contribution in [2.45, 2.75) is 33.6 Å². The first-order valence-electron chi connectivity index (χ1n) is 14.9. The van der Waals surface area contributed by atoms with Crippen molar-refractivity contribution in [3.05, 3.63) is 109 Å². The summed E-state index contributed by atoms with van der Waals surface area (Å²) in [4.78, 5) is 31.3. The Kier molecular flexibility index (Phi) is 10.4. The summed E-state index contributed by atoms with van der Waals surface area (Å²) < 4.78 is 19.5. The number of carbonyl (C=O) groups is 1. The summed E-state index contributed by atoms with van der Waals surface area (Å²) in [6.45, 7) is 8.50. The zero-order chi connectivity index (χ0) is 32.8. The molecule has 0 saturated heterocycles. The SMILES string of the molecule is CCOc1cc(C)c(-c2nc3ccccc3c(=O)n2N=Cc2cc(I)c(OCC(=O)Nc3ccccc3)c(OC)c2)cc1C(C)C. The number of methoxy groups -OCH3 is 1. The van der Waals surface area contributed by atoms with Gasteiger partial charge in [0.2, 0.25) is 0 Å². The van der Waals surface area contributed by atoms with Crippen LogP contribution in [0.3, 0.4) is 0 Å². The maximum absolute atomic E-state index is 13.9. The summed E-state index contributed by atoms with van der Waals surface area (Å²) in [5.41, 5.74) is 4.37. The van der Waals surface area contributed by atoms with E-state index in [2.05, 4.69) is 46.9 Å². The smallest absolute Gasteiger partial charge is 0.282 e. The van der Waals surface area contributed by atoms with Crippen LogP contribution in [0.2, 0.25) is 0 Å². The fraction of sp³-hybridized carbons (Fsp3) is 0.222. The number of halogens is 1. The Bertz CT molecular complexity index is 1970. The molecule has 4 aromatic carbocycles. The molecular formula is C36H35IN4O5. The molecule has 0 saturated carbocycles. The van der Waals surface area contributed by atoms with E-state index in [0.717, 1.165) is 22.4 Å². The minimum Gasteiger partial charge on any atom is -0.494 e. The number of aryl methyl sites for hydroxylation is 1. The lowest BCUT2D eigenvalue weighted by molar-refractivity contribution is -0.118. The van der Waals surface area contributed by atoms with Crippen molar-refractivity contribution >= 4 is 51.3 Å². The highest BCUT2D eigenvalue weighted by Crippen LogP contribution is 2.35. The predicted molar refractivity (Wildman–Crippen MR) is 191 cm³/mol. The fourth-order valence-corrected chi connectivity index (χ4v) is 5.79. The summed E-state index contributed by atoms with van der Waals surface area (Å²) >= 11 is 2.13. The van der Waals surface area contributed by atoms with Crippen LogP contribution in [0.1, 0.15) is 43.4 Å². The van der Waals surface area contributed by atoms with E-state index in [1.165, 1.54) is 11.8 Å². The maximum Gasteiger partial charge on any atom is 0.282 e. The van der Waals surface area contributed by atoms with Gasteiger partial charge in [-0.2, -0.15) is 9.78 Å². The lowest BCUT2D eigenvalue weighted by Gasteiger charge is -2.18. The van der Waals surface area contributed by atoms with E-state index < -0.39 is 0 Å². The Morgan fingerprint density at radius 3 is 2.48 bits per heavy atom. The van der Waals surface area contributed by atoms with Gasteiger partial charge in [0.05, 0.1) is 34.4 Å². The van der Waals surface area contributed by atoms with Crippen LogP contribution in [0.25, 0.3) is 22.3 Å². The molecule has 1 aromatic heterocycles. The zero-order valence-corrected chi connectivity index (χ0v) is 28.5. The van der Waals surface area contributed by atoms with Gasteiger partial charge < -0.3 is 19.5 Å². The van der Waals surface area contributed by atoms with E-state index in [1.807, 2.05) is 68.4 Å². The van der Waals surface area contributed by atoms with Crippen LogP contribution >= 0.6 is 22.6 Å². The summed E-state index contributed by atoms with van der Waals surface area (Å²) in [5, 5.41) is 7.93. The van der Waals surface area contributed by atoms with Crippen LogP contribution in [0, 0.1) is 10.5 Å². The second-order valence-electron chi connectivity index (χ2n) is 10.8. The third-order valence-corrected chi connectivity index (χ3v) is 8.05. The number of carbonyl (C=O) groups excluding carboxylic acids is 1. The van der Waals surface area contributed by atoms with Crippen molar-refractivity contribution in [3.8, 4) is 28.6 Å². The molecule has 9 nitrogen and oxygen atoms in total. The number of para-hydroxylation sites is 2. The van der Waals surface area contributed by atoms with E-state index in [0.29, 0.717) is 49.7 Å². The van der Waals surface area contributed by atoms with Gasteiger partial charge in [0.1, 0.15) is 5.75 Å². The van der Waals surface area contributed by atoms with Crippen molar-refractivity contribution in [1.82, 2.24) is 9.66 Å². The Morgan fingerprint density at radius 1 is 1.02 bits per heavy atom. The topological polar surface area (TPSA) is 104 Å². The standard InChI is InChI=1S/C36H35IN4O5/c1-6-45-31-16-23(4)28(19-27(31)22(2)3)35-40-30-15-11-10-14-26(30)36(43)41(35)38-20-24-17-29(37)34(32(18-24)44-5)46-21-33(42)39-25-12-8-7-9-13-25/h7-20,22H,6,21H2,1-5H3,(H,39,42).